The predicted molar refractivity (Wildman–Crippen MR) is 29.8 cm³/mol. The summed E-state index contributed by atoms with van der Waals surface area (Å²) in [4.78, 5) is 10.6. The molecule has 46 valence electrons. The van der Waals surface area contributed by atoms with Gasteiger partial charge in [-0.05, 0) is 0 Å². The third kappa shape index (κ3) is 1.01. The lowest BCUT2D eigenvalue weighted by Gasteiger charge is -1.82. The van der Waals surface area contributed by atoms with E-state index in [1.165, 1.54) is 0 Å². The van der Waals surface area contributed by atoms with Gasteiger partial charge in [0.05, 0.1) is 0 Å². The van der Waals surface area contributed by atoms with Gasteiger partial charge in [0, 0.05) is 6.42 Å². The second-order valence-electron chi connectivity index (χ2n) is 1.73. The van der Waals surface area contributed by atoms with Crippen molar-refractivity contribution in [1.82, 2.24) is 0 Å². The Morgan fingerprint density at radius 1 is 1.88 bits per heavy atom. The van der Waals surface area contributed by atoms with E-state index >= 15 is 0 Å². The normalized spacial score (nSPS) is 34.8. The van der Waals surface area contributed by atoms with Gasteiger partial charge in [-0.25, -0.2) is 0 Å². The van der Waals surface area contributed by atoms with Crippen molar-refractivity contribution in [2.24, 2.45) is 0 Å². The number of hydrogen-bond donors (Lipinski definition) is 0. The number of carbonyl (C=O) groups excluding carboxylic acids is 1. The van der Waals surface area contributed by atoms with E-state index in [1.54, 1.807) is 6.92 Å². The smallest absolute Gasteiger partial charge is 0.165 e. The van der Waals surface area contributed by atoms with Crippen molar-refractivity contribution in [3.8, 4) is 0 Å². The molecule has 0 N–H and O–H groups in total. The Morgan fingerprint density at radius 2 is 2.38 bits per heavy atom. The van der Waals surface area contributed by atoms with Gasteiger partial charge in [0.25, 0.3) is 0 Å². The molecule has 0 aromatic carbocycles. The Kier molecular flexibility index (Phi) is 1.54. The molecule has 1 aliphatic rings. The Bertz CT molecular complexity index is 113. The van der Waals surface area contributed by atoms with E-state index in [1.807, 2.05) is 0 Å². The first-order valence-electron chi connectivity index (χ1n) is 2.58. The van der Waals surface area contributed by atoms with Gasteiger partial charge in [0.1, 0.15) is 0 Å². The van der Waals surface area contributed by atoms with Crippen LogP contribution in [0.3, 0.4) is 0 Å². The van der Waals surface area contributed by atoms with Gasteiger partial charge in [-0.3, -0.25) is 4.79 Å². The van der Waals surface area contributed by atoms with Crippen LogP contribution < -0.4 is 0 Å². The molecular weight excluding hydrogens is 128 g/mol. The Labute approximate surface area is 52.8 Å². The van der Waals surface area contributed by atoms with Crippen molar-refractivity contribution in [3.63, 3.8) is 0 Å². The van der Waals surface area contributed by atoms with E-state index in [4.69, 9.17) is 11.6 Å². The van der Waals surface area contributed by atoms with Crippen LogP contribution in [0.5, 0.6) is 0 Å². The largest absolute Gasteiger partial charge is 0.344 e. The molecule has 0 aliphatic carbocycles. The van der Waals surface area contributed by atoms with E-state index < -0.39 is 0 Å². The molecule has 8 heavy (non-hydrogen) atoms. The maximum Gasteiger partial charge on any atom is 0.165 e. The molecule has 2 unspecified atom stereocenters. The Hall–Kier alpha value is -0.0800. The average Bonchev–Trinajstić information content (AvgIpc) is 2.45. The molecule has 0 aromatic rings. The van der Waals surface area contributed by atoms with Crippen molar-refractivity contribution < 1.29 is 9.53 Å². The number of Topliss-reactive ketones (excluding diaryl/α,β-unsaturated/α-hetero) is 1. The summed E-state index contributed by atoms with van der Waals surface area (Å²) in [5.41, 5.74) is -0.331. The summed E-state index contributed by atoms with van der Waals surface area (Å²) in [5.74, 6) is 0.102. The zero-order chi connectivity index (χ0) is 6.15. The molecular formula is C5H7ClO2. The number of hydrogen-bond acceptors (Lipinski definition) is 2. The van der Waals surface area contributed by atoms with Crippen molar-refractivity contribution in [1.29, 1.82) is 0 Å². The van der Waals surface area contributed by atoms with Gasteiger partial charge in [-0.2, -0.15) is 0 Å². The van der Waals surface area contributed by atoms with Crippen molar-refractivity contribution in [2.45, 2.75) is 25.0 Å². The predicted octanol–water partition coefficient (Wildman–Crippen LogP) is 0.929. The molecule has 3 heteroatoms. The fourth-order valence-corrected chi connectivity index (χ4v) is 0.769. The molecule has 1 rings (SSSR count). The molecule has 2 atom stereocenters. The molecule has 0 spiro atoms. The highest BCUT2D eigenvalue weighted by molar-refractivity contribution is 6.23. The van der Waals surface area contributed by atoms with Crippen molar-refractivity contribution in [2.75, 3.05) is 0 Å². The third-order valence-corrected chi connectivity index (χ3v) is 1.44. The molecule has 0 bridgehead atoms. The molecule has 1 fully saturated rings. The second kappa shape index (κ2) is 2.03. The van der Waals surface area contributed by atoms with Gasteiger partial charge in [0.15, 0.2) is 17.5 Å². The first-order valence-corrected chi connectivity index (χ1v) is 3.01. The summed E-state index contributed by atoms with van der Waals surface area (Å²) < 4.78 is 4.69. The van der Waals surface area contributed by atoms with E-state index in [9.17, 15) is 4.79 Å². The lowest BCUT2D eigenvalue weighted by molar-refractivity contribution is -0.119. The maximum atomic E-state index is 10.6. The van der Waals surface area contributed by atoms with Crippen LogP contribution in [-0.2, 0) is 9.53 Å². The summed E-state index contributed by atoms with van der Waals surface area (Å²) in [7, 11) is 0. The first-order chi connectivity index (χ1) is 3.75. The van der Waals surface area contributed by atoms with Crippen LogP contribution in [0.15, 0.2) is 0 Å². The standard InChI is InChI=1S/C5H7ClO2/c1-2-3(7)4-5(6)8-4/h4-5H,2H2,1H3. The van der Waals surface area contributed by atoms with Crippen molar-refractivity contribution in [3.05, 3.63) is 0 Å². The molecule has 0 saturated carbocycles. The quantitative estimate of drug-likeness (QED) is 0.415. The van der Waals surface area contributed by atoms with Crippen LogP contribution >= 0.6 is 11.6 Å². The highest BCUT2D eigenvalue weighted by Gasteiger charge is 2.41. The number of ether oxygens (including phenoxy) is 1. The second-order valence-corrected chi connectivity index (χ2v) is 2.16. The van der Waals surface area contributed by atoms with Gasteiger partial charge in [-0.15, -0.1) is 0 Å². The van der Waals surface area contributed by atoms with Crippen molar-refractivity contribution >= 4 is 17.4 Å². The highest BCUT2D eigenvalue weighted by atomic mass is 35.5. The van der Waals surface area contributed by atoms with Crippen LogP contribution in [0.2, 0.25) is 0 Å². The van der Waals surface area contributed by atoms with Gasteiger partial charge < -0.3 is 4.74 Å². The third-order valence-electron chi connectivity index (χ3n) is 1.10. The van der Waals surface area contributed by atoms with Crippen LogP contribution in [0.4, 0.5) is 0 Å². The number of epoxide rings is 1. The zero-order valence-corrected chi connectivity index (χ0v) is 5.31. The lowest BCUT2D eigenvalue weighted by atomic mass is 10.2. The van der Waals surface area contributed by atoms with Crippen LogP contribution in [0.1, 0.15) is 13.3 Å². The van der Waals surface area contributed by atoms with Gasteiger partial charge in [-0.1, -0.05) is 18.5 Å². The average molecular weight is 135 g/mol. The summed E-state index contributed by atoms with van der Waals surface area (Å²) in [5, 5.41) is 0. The number of carbonyl (C=O) groups is 1. The minimum atomic E-state index is -0.331. The Morgan fingerprint density at radius 3 is 2.50 bits per heavy atom. The van der Waals surface area contributed by atoms with Crippen LogP contribution in [0, 0.1) is 0 Å². The highest BCUT2D eigenvalue weighted by Crippen LogP contribution is 2.26. The van der Waals surface area contributed by atoms with Crippen LogP contribution in [-0.4, -0.2) is 17.5 Å². The maximum absolute atomic E-state index is 10.6. The molecule has 0 amide bonds. The minimum absolute atomic E-state index is 0.102. The minimum Gasteiger partial charge on any atom is -0.344 e. The molecule has 1 aliphatic heterocycles. The molecule has 0 radical (unpaired) electrons. The van der Waals surface area contributed by atoms with E-state index in [0.717, 1.165) is 0 Å². The summed E-state index contributed by atoms with van der Waals surface area (Å²) in [6.07, 6.45) is 0.232. The summed E-state index contributed by atoms with van der Waals surface area (Å²) in [6, 6.07) is 0. The van der Waals surface area contributed by atoms with Gasteiger partial charge in [0.2, 0.25) is 0 Å². The number of halogens is 1. The number of alkyl halides is 1. The number of ketones is 1. The zero-order valence-electron chi connectivity index (χ0n) is 4.56. The fourth-order valence-electron chi connectivity index (χ4n) is 0.518. The van der Waals surface area contributed by atoms with E-state index in [-0.39, 0.29) is 17.5 Å². The Balaban J connectivity index is 2.28. The lowest BCUT2D eigenvalue weighted by Crippen LogP contribution is -2.04. The van der Waals surface area contributed by atoms with Crippen LogP contribution in [0.25, 0.3) is 0 Å². The summed E-state index contributed by atoms with van der Waals surface area (Å²) in [6.45, 7) is 1.80. The molecule has 2 nitrogen and oxygen atoms in total. The molecule has 1 heterocycles. The van der Waals surface area contributed by atoms with E-state index in [0.29, 0.717) is 6.42 Å². The first kappa shape index (κ1) is 6.05. The monoisotopic (exact) mass is 134 g/mol. The number of rotatable bonds is 2. The topological polar surface area (TPSA) is 29.6 Å². The fraction of sp³-hybridized carbons (Fsp3) is 0.800. The van der Waals surface area contributed by atoms with Gasteiger partial charge >= 0.3 is 0 Å². The van der Waals surface area contributed by atoms with E-state index in [2.05, 4.69) is 4.74 Å². The molecule has 0 aromatic heterocycles. The SMILES string of the molecule is CCC(=O)C1OC1Cl. The summed E-state index contributed by atoms with van der Waals surface area (Å²) >= 11 is 5.38. The molecule has 1 saturated heterocycles.